The molecule has 5 heterocycles. The second kappa shape index (κ2) is 17.7. The SMILES string of the molecule is CC(C)C1CC[C@@H](C)C[C@H]1OC(=O)N1CCCOc2ccc(cc2Cl)CNc2nc(nc(OCC(F)(F)F)n2)Nc2ccc(cc2)C(=O)NCC(C)(C)C1. The molecule has 12 nitrogen and oxygen atoms in total. The maximum Gasteiger partial charge on any atom is 0.422 e. The quantitative estimate of drug-likeness (QED) is 0.237. The number of ether oxygens (including phenoxy) is 3. The molecular weight excluding hydrogens is 727 g/mol. The molecular formula is C38H49ClF3N7O5. The van der Waals surface area contributed by atoms with E-state index in [-0.39, 0.29) is 49.7 Å². The molecule has 6 bridgehead atoms. The molecule has 294 valence electrons. The zero-order valence-electron chi connectivity index (χ0n) is 31.3. The second-order valence-corrected chi connectivity index (χ2v) is 15.6. The highest BCUT2D eigenvalue weighted by molar-refractivity contribution is 6.32. The molecule has 4 aliphatic heterocycles. The molecule has 1 fully saturated rings. The summed E-state index contributed by atoms with van der Waals surface area (Å²) in [5.41, 5.74) is 1.03. The predicted octanol–water partition coefficient (Wildman–Crippen LogP) is 8.26. The molecule has 3 aromatic rings. The Balaban J connectivity index is 1.37. The van der Waals surface area contributed by atoms with E-state index in [0.29, 0.717) is 59.3 Å². The normalized spacial score (nSPS) is 21.3. The number of nitrogens with one attached hydrogen (secondary N) is 3. The fourth-order valence-electron chi connectivity index (χ4n) is 6.61. The van der Waals surface area contributed by atoms with Gasteiger partial charge >= 0.3 is 18.3 Å². The van der Waals surface area contributed by atoms with Crippen LogP contribution in [0.5, 0.6) is 11.8 Å². The van der Waals surface area contributed by atoms with Gasteiger partial charge in [-0.3, -0.25) is 4.79 Å². The van der Waals surface area contributed by atoms with Crippen molar-refractivity contribution < 1.29 is 37.0 Å². The summed E-state index contributed by atoms with van der Waals surface area (Å²) in [4.78, 5) is 41.1. The van der Waals surface area contributed by atoms with Crippen molar-refractivity contribution in [1.82, 2.24) is 25.2 Å². The number of alkyl halides is 3. The topological polar surface area (TPSA) is 140 Å². The number of hydrogen-bond donors (Lipinski definition) is 3. The first-order valence-electron chi connectivity index (χ1n) is 18.2. The van der Waals surface area contributed by atoms with E-state index in [0.717, 1.165) is 24.8 Å². The third-order valence-electron chi connectivity index (χ3n) is 9.48. The van der Waals surface area contributed by atoms with Crippen molar-refractivity contribution >= 4 is 41.2 Å². The van der Waals surface area contributed by atoms with Crippen molar-refractivity contribution in [3.05, 3.63) is 58.6 Å². The van der Waals surface area contributed by atoms with Gasteiger partial charge in [-0.15, -0.1) is 0 Å². The molecule has 1 aliphatic carbocycles. The summed E-state index contributed by atoms with van der Waals surface area (Å²) in [6.07, 6.45) is -1.68. The summed E-state index contributed by atoms with van der Waals surface area (Å²) in [5, 5.41) is 9.23. The van der Waals surface area contributed by atoms with E-state index >= 15 is 0 Å². The fourth-order valence-corrected chi connectivity index (χ4v) is 6.87. The van der Waals surface area contributed by atoms with Crippen LogP contribution in [0.1, 0.15) is 76.2 Å². The Morgan fingerprint density at radius 1 is 1.07 bits per heavy atom. The lowest BCUT2D eigenvalue weighted by molar-refractivity contribution is -0.154. The van der Waals surface area contributed by atoms with Crippen LogP contribution in [0.2, 0.25) is 5.02 Å². The molecule has 54 heavy (non-hydrogen) atoms. The smallest absolute Gasteiger partial charge is 0.422 e. The number of aromatic nitrogens is 3. The van der Waals surface area contributed by atoms with Crippen molar-refractivity contribution in [1.29, 1.82) is 0 Å². The molecule has 0 saturated heterocycles. The lowest BCUT2D eigenvalue weighted by Crippen LogP contribution is -2.47. The molecule has 8 rings (SSSR count). The summed E-state index contributed by atoms with van der Waals surface area (Å²) in [6.45, 7) is 10.3. The van der Waals surface area contributed by atoms with Crippen LogP contribution < -0.4 is 25.4 Å². The average Bonchev–Trinajstić information content (AvgIpc) is 3.10. The van der Waals surface area contributed by atoms with Gasteiger partial charge in [-0.25, -0.2) is 4.79 Å². The van der Waals surface area contributed by atoms with Crippen molar-refractivity contribution in [3.63, 3.8) is 0 Å². The number of anilines is 3. The van der Waals surface area contributed by atoms with E-state index in [1.54, 1.807) is 47.4 Å². The fraction of sp³-hybridized carbons (Fsp3) is 0.553. The molecule has 3 atom stereocenters. The summed E-state index contributed by atoms with van der Waals surface area (Å²) < 4.78 is 55.8. The Morgan fingerprint density at radius 2 is 1.81 bits per heavy atom. The summed E-state index contributed by atoms with van der Waals surface area (Å²) in [5.74, 6) is 1.15. The number of rotatable bonds is 4. The molecule has 1 saturated carbocycles. The molecule has 5 aliphatic rings. The van der Waals surface area contributed by atoms with Crippen molar-refractivity contribution in [2.45, 2.75) is 79.1 Å². The Kier molecular flexibility index (Phi) is 13.4. The minimum atomic E-state index is -4.60. The van der Waals surface area contributed by atoms with E-state index in [9.17, 15) is 22.8 Å². The van der Waals surface area contributed by atoms with Gasteiger partial charge in [0, 0.05) is 37.4 Å². The first-order chi connectivity index (χ1) is 25.5. The Labute approximate surface area is 318 Å². The summed E-state index contributed by atoms with van der Waals surface area (Å²) in [6, 6.07) is 11.1. The zero-order chi connectivity index (χ0) is 39.0. The van der Waals surface area contributed by atoms with E-state index in [4.69, 9.17) is 25.8 Å². The summed E-state index contributed by atoms with van der Waals surface area (Å²) in [7, 11) is 0. The monoisotopic (exact) mass is 775 g/mol. The Bertz CT molecular complexity index is 1750. The standard InChI is InChI=1S/C38H49ClF3N7O5/c1-23(2)28-13-7-24(3)17-31(28)54-36(51)49-15-6-16-52-30-14-8-25(18-29(30)39)19-43-33-46-34(48-35(47-33)53-22-38(40,41)42)45-27-11-9-26(10-12-27)32(50)44-20-37(4,5)21-49/h8-12,14,18,23-24,28,31H,6-7,13,15-17,19-22H2,1-5H3,(H,44,50)(H2,43,45,46,47,48)/t24-,28?,31-/m1/s1. The first kappa shape index (κ1) is 40.7. The Morgan fingerprint density at radius 3 is 2.52 bits per heavy atom. The number of amides is 2. The van der Waals surface area contributed by atoms with E-state index < -0.39 is 24.2 Å². The van der Waals surface area contributed by atoms with Gasteiger partial charge in [0.05, 0.1) is 11.6 Å². The number of carbonyl (C=O) groups excluding carboxylic acids is 2. The zero-order valence-corrected chi connectivity index (χ0v) is 32.0. The lowest BCUT2D eigenvalue weighted by Gasteiger charge is -2.39. The number of halogens is 4. The highest BCUT2D eigenvalue weighted by Gasteiger charge is 2.36. The maximum absolute atomic E-state index is 13.9. The molecule has 2 amide bonds. The van der Waals surface area contributed by atoms with Crippen LogP contribution in [0.3, 0.4) is 0 Å². The molecule has 0 spiro atoms. The first-order valence-corrected chi connectivity index (χ1v) is 18.6. The minimum absolute atomic E-state index is 0.0463. The second-order valence-electron chi connectivity index (χ2n) is 15.2. The molecule has 1 aromatic heterocycles. The molecule has 16 heteroatoms. The van der Waals surface area contributed by atoms with Crippen LogP contribution in [0, 0.1) is 23.2 Å². The van der Waals surface area contributed by atoms with Gasteiger partial charge in [0.2, 0.25) is 11.9 Å². The minimum Gasteiger partial charge on any atom is -0.492 e. The van der Waals surface area contributed by atoms with Crippen LogP contribution in [0.4, 0.5) is 35.5 Å². The third-order valence-corrected chi connectivity index (χ3v) is 9.77. The molecule has 2 aromatic carbocycles. The van der Waals surface area contributed by atoms with Crippen molar-refractivity contribution in [2.75, 3.05) is 43.5 Å². The van der Waals surface area contributed by atoms with Gasteiger partial charge < -0.3 is 35.1 Å². The summed E-state index contributed by atoms with van der Waals surface area (Å²) >= 11 is 6.58. The van der Waals surface area contributed by atoms with Crippen LogP contribution in [-0.4, -0.2) is 77.0 Å². The molecule has 1 unspecified atom stereocenters. The number of nitrogens with zero attached hydrogens (tertiary/aromatic N) is 4. The number of benzene rings is 2. The van der Waals surface area contributed by atoms with Crippen LogP contribution >= 0.6 is 11.6 Å². The molecule has 0 radical (unpaired) electrons. The van der Waals surface area contributed by atoms with Crippen molar-refractivity contribution in [3.8, 4) is 11.8 Å². The third kappa shape index (κ3) is 12.0. The van der Waals surface area contributed by atoms with Crippen LogP contribution in [-0.2, 0) is 11.3 Å². The van der Waals surface area contributed by atoms with Gasteiger partial charge in [-0.05, 0) is 84.4 Å². The van der Waals surface area contributed by atoms with Gasteiger partial charge in [-0.1, -0.05) is 58.7 Å². The number of carbonyl (C=O) groups is 2. The van der Waals surface area contributed by atoms with Gasteiger partial charge in [0.15, 0.2) is 6.61 Å². The van der Waals surface area contributed by atoms with Gasteiger partial charge in [0.25, 0.3) is 5.91 Å². The Hall–Kier alpha value is -4.53. The van der Waals surface area contributed by atoms with Crippen LogP contribution in [0.15, 0.2) is 42.5 Å². The van der Waals surface area contributed by atoms with Gasteiger partial charge in [0.1, 0.15) is 11.9 Å². The van der Waals surface area contributed by atoms with Crippen LogP contribution in [0.25, 0.3) is 0 Å². The van der Waals surface area contributed by atoms with Gasteiger partial charge in [-0.2, -0.15) is 28.1 Å². The van der Waals surface area contributed by atoms with E-state index in [2.05, 4.69) is 51.7 Å². The predicted molar refractivity (Wildman–Crippen MR) is 199 cm³/mol. The van der Waals surface area contributed by atoms with E-state index in [1.165, 1.54) is 0 Å². The highest BCUT2D eigenvalue weighted by atomic mass is 35.5. The maximum atomic E-state index is 13.9. The highest BCUT2D eigenvalue weighted by Crippen LogP contribution is 2.36. The largest absolute Gasteiger partial charge is 0.492 e. The van der Waals surface area contributed by atoms with Crippen molar-refractivity contribution in [2.24, 2.45) is 23.2 Å². The number of hydrogen-bond acceptors (Lipinski definition) is 10. The van der Waals surface area contributed by atoms with E-state index in [1.807, 2.05) is 13.8 Å². The lowest BCUT2D eigenvalue weighted by atomic mass is 9.75. The molecule has 3 N–H and O–H groups in total. The average molecular weight is 776 g/mol.